The van der Waals surface area contributed by atoms with Gasteiger partial charge in [0.05, 0.1) is 5.69 Å². The van der Waals surface area contributed by atoms with Crippen LogP contribution in [-0.2, 0) is 26.3 Å². The van der Waals surface area contributed by atoms with Crippen molar-refractivity contribution < 1.29 is 22.4 Å². The molecule has 0 aliphatic carbocycles. The van der Waals surface area contributed by atoms with Gasteiger partial charge in [0, 0.05) is 27.7 Å². The molecule has 2 aromatic rings. The van der Waals surface area contributed by atoms with Gasteiger partial charge in [-0.25, -0.2) is 8.70 Å². The molecule has 10 heteroatoms. The van der Waals surface area contributed by atoms with Crippen LogP contribution in [0.1, 0.15) is 18.9 Å². The molecule has 2 aromatic carbocycles. The van der Waals surface area contributed by atoms with E-state index in [1.165, 1.54) is 44.2 Å². The van der Waals surface area contributed by atoms with Gasteiger partial charge in [0.25, 0.3) is 0 Å². The fourth-order valence-corrected chi connectivity index (χ4v) is 4.29. The molecule has 0 aliphatic rings. The number of carbonyl (C=O) groups excluding carboxylic acids is 2. The number of nitrogens with one attached hydrogen (secondary N) is 1. The van der Waals surface area contributed by atoms with Crippen LogP contribution in [0.4, 0.5) is 10.1 Å². The predicted octanol–water partition coefficient (Wildman–Crippen LogP) is 1.99. The summed E-state index contributed by atoms with van der Waals surface area (Å²) in [5.41, 5.74) is 0.526. The fourth-order valence-electron chi connectivity index (χ4n) is 3.22. The molecule has 2 rings (SSSR count). The van der Waals surface area contributed by atoms with Crippen molar-refractivity contribution in [2.24, 2.45) is 0 Å². The van der Waals surface area contributed by atoms with Crippen molar-refractivity contribution in [2.45, 2.75) is 25.9 Å². The number of carbonyl (C=O) groups is 2. The Labute approximate surface area is 188 Å². The van der Waals surface area contributed by atoms with Crippen molar-refractivity contribution in [3.05, 3.63) is 66.0 Å². The number of likely N-dealkylation sites (N-methyl/N-ethyl adjacent to an activating group) is 1. The van der Waals surface area contributed by atoms with E-state index in [1.54, 1.807) is 19.1 Å². The standard InChI is InChI=1S/C22H29FN4O4S/c1-5-19(22(29)24-2)26(15-17-11-7-6-8-12-17)21(28)16-27(32(30,31)25(3)4)20-14-10-9-13-18(20)23/h6-14,19H,5,15-16H2,1-4H3,(H,24,29). The lowest BCUT2D eigenvalue weighted by atomic mass is 10.1. The van der Waals surface area contributed by atoms with Crippen LogP contribution in [0.25, 0.3) is 0 Å². The summed E-state index contributed by atoms with van der Waals surface area (Å²) in [4.78, 5) is 27.2. The van der Waals surface area contributed by atoms with Gasteiger partial charge in [-0.05, 0) is 24.1 Å². The highest BCUT2D eigenvalue weighted by Crippen LogP contribution is 2.24. The Morgan fingerprint density at radius 3 is 2.16 bits per heavy atom. The van der Waals surface area contributed by atoms with Crippen molar-refractivity contribution in [2.75, 3.05) is 32.0 Å². The highest BCUT2D eigenvalue weighted by Gasteiger charge is 2.34. The third kappa shape index (κ3) is 5.83. The first-order valence-electron chi connectivity index (χ1n) is 10.1. The Bertz CT molecular complexity index is 1030. The molecule has 0 fully saturated rings. The molecule has 1 unspecified atom stereocenters. The average Bonchev–Trinajstić information content (AvgIpc) is 2.78. The molecule has 0 aromatic heterocycles. The van der Waals surface area contributed by atoms with Crippen LogP contribution in [0, 0.1) is 5.82 Å². The minimum atomic E-state index is -4.20. The zero-order valence-electron chi connectivity index (χ0n) is 18.7. The average molecular weight is 465 g/mol. The molecule has 0 bridgehead atoms. The van der Waals surface area contributed by atoms with Gasteiger partial charge in [-0.3, -0.25) is 9.59 Å². The van der Waals surface area contributed by atoms with E-state index in [2.05, 4.69) is 5.32 Å². The van der Waals surface area contributed by atoms with E-state index < -0.39 is 34.5 Å². The highest BCUT2D eigenvalue weighted by molar-refractivity contribution is 7.90. The summed E-state index contributed by atoms with van der Waals surface area (Å²) in [6.07, 6.45) is 0.318. The van der Waals surface area contributed by atoms with E-state index in [0.717, 1.165) is 20.2 Å². The molecule has 174 valence electrons. The number of rotatable bonds is 10. The first-order valence-corrected chi connectivity index (χ1v) is 11.5. The molecule has 8 nitrogen and oxygen atoms in total. The van der Waals surface area contributed by atoms with Crippen LogP contribution in [0.3, 0.4) is 0 Å². The Kier molecular flexibility index (Phi) is 8.73. The lowest BCUT2D eigenvalue weighted by Crippen LogP contribution is -2.53. The Balaban J connectivity index is 2.49. The molecular weight excluding hydrogens is 435 g/mol. The first-order chi connectivity index (χ1) is 15.1. The number of halogens is 1. The van der Waals surface area contributed by atoms with Gasteiger partial charge in [0.2, 0.25) is 11.8 Å². The minimum absolute atomic E-state index is 0.0960. The summed E-state index contributed by atoms with van der Waals surface area (Å²) in [6.45, 7) is 1.19. The maximum Gasteiger partial charge on any atom is 0.304 e. The summed E-state index contributed by atoms with van der Waals surface area (Å²) in [5, 5.41) is 2.55. The number of benzene rings is 2. The molecule has 2 amide bonds. The number of hydrogen-bond donors (Lipinski definition) is 1. The van der Waals surface area contributed by atoms with Gasteiger partial charge in [-0.15, -0.1) is 0 Å². The number of para-hydroxylation sites is 1. The van der Waals surface area contributed by atoms with Crippen LogP contribution in [0.15, 0.2) is 54.6 Å². The molecule has 0 spiro atoms. The van der Waals surface area contributed by atoms with Gasteiger partial charge >= 0.3 is 10.2 Å². The van der Waals surface area contributed by atoms with Gasteiger partial charge in [-0.2, -0.15) is 12.7 Å². The number of amides is 2. The van der Waals surface area contributed by atoms with Crippen LogP contribution in [-0.4, -0.2) is 63.2 Å². The lowest BCUT2D eigenvalue weighted by molar-refractivity contribution is -0.140. The zero-order chi connectivity index (χ0) is 23.9. The summed E-state index contributed by atoms with van der Waals surface area (Å²) < 4.78 is 42.1. The Hall–Kier alpha value is -2.98. The molecule has 0 radical (unpaired) electrons. The van der Waals surface area contributed by atoms with Crippen LogP contribution >= 0.6 is 0 Å². The number of nitrogens with zero attached hydrogens (tertiary/aromatic N) is 3. The van der Waals surface area contributed by atoms with Crippen LogP contribution in [0.5, 0.6) is 0 Å². The molecule has 32 heavy (non-hydrogen) atoms. The van der Waals surface area contributed by atoms with E-state index in [4.69, 9.17) is 0 Å². The van der Waals surface area contributed by atoms with Crippen LogP contribution in [0.2, 0.25) is 0 Å². The van der Waals surface area contributed by atoms with Gasteiger partial charge in [0.15, 0.2) is 0 Å². The quantitative estimate of drug-likeness (QED) is 0.582. The summed E-state index contributed by atoms with van der Waals surface area (Å²) in [6, 6.07) is 13.6. The highest BCUT2D eigenvalue weighted by atomic mass is 32.2. The number of hydrogen-bond acceptors (Lipinski definition) is 4. The van der Waals surface area contributed by atoms with Gasteiger partial charge in [0.1, 0.15) is 18.4 Å². The molecule has 0 saturated heterocycles. The van der Waals surface area contributed by atoms with Gasteiger partial charge in [-0.1, -0.05) is 49.4 Å². The van der Waals surface area contributed by atoms with Gasteiger partial charge < -0.3 is 10.2 Å². The van der Waals surface area contributed by atoms with E-state index in [-0.39, 0.29) is 18.1 Å². The molecule has 1 atom stereocenters. The van der Waals surface area contributed by atoms with Crippen molar-refractivity contribution in [1.29, 1.82) is 0 Å². The minimum Gasteiger partial charge on any atom is -0.357 e. The van der Waals surface area contributed by atoms with Crippen molar-refractivity contribution in [3.63, 3.8) is 0 Å². The van der Waals surface area contributed by atoms with E-state index in [9.17, 15) is 22.4 Å². The first kappa shape index (κ1) is 25.3. The Morgan fingerprint density at radius 1 is 1.03 bits per heavy atom. The smallest absolute Gasteiger partial charge is 0.304 e. The molecule has 0 heterocycles. The second-order valence-corrected chi connectivity index (χ2v) is 9.36. The normalized spacial score (nSPS) is 12.3. The van der Waals surface area contributed by atoms with Crippen molar-refractivity contribution in [3.8, 4) is 0 Å². The summed E-state index contributed by atoms with van der Waals surface area (Å²) in [5.74, 6) is -1.78. The third-order valence-electron chi connectivity index (χ3n) is 4.97. The zero-order valence-corrected chi connectivity index (χ0v) is 19.5. The van der Waals surface area contributed by atoms with Crippen molar-refractivity contribution in [1.82, 2.24) is 14.5 Å². The molecular formula is C22H29FN4O4S. The molecule has 0 saturated carbocycles. The summed E-state index contributed by atoms with van der Waals surface area (Å²) in [7, 11) is -0.124. The largest absolute Gasteiger partial charge is 0.357 e. The third-order valence-corrected chi connectivity index (χ3v) is 6.77. The topological polar surface area (TPSA) is 90.0 Å². The Morgan fingerprint density at radius 2 is 1.62 bits per heavy atom. The summed E-state index contributed by atoms with van der Waals surface area (Å²) >= 11 is 0. The maximum absolute atomic E-state index is 14.5. The second-order valence-electron chi connectivity index (χ2n) is 7.29. The predicted molar refractivity (Wildman–Crippen MR) is 121 cm³/mol. The van der Waals surface area contributed by atoms with E-state index in [1.807, 2.05) is 18.2 Å². The number of anilines is 1. The molecule has 1 N–H and O–H groups in total. The maximum atomic E-state index is 14.5. The molecule has 0 aliphatic heterocycles. The SMILES string of the molecule is CCC(C(=O)NC)N(Cc1ccccc1)C(=O)CN(c1ccccc1F)S(=O)(=O)N(C)C. The monoisotopic (exact) mass is 464 g/mol. The second kappa shape index (κ2) is 11.1. The van der Waals surface area contributed by atoms with Crippen molar-refractivity contribution >= 4 is 27.7 Å². The van der Waals surface area contributed by atoms with E-state index >= 15 is 0 Å². The van der Waals surface area contributed by atoms with E-state index in [0.29, 0.717) is 6.42 Å². The lowest BCUT2D eigenvalue weighted by Gasteiger charge is -2.33. The fraction of sp³-hybridized carbons (Fsp3) is 0.364. The van der Waals surface area contributed by atoms with Crippen LogP contribution < -0.4 is 9.62 Å².